The van der Waals surface area contributed by atoms with Crippen molar-refractivity contribution < 1.29 is 14.3 Å². The zero-order chi connectivity index (χ0) is 19.9. The van der Waals surface area contributed by atoms with Gasteiger partial charge in [-0.3, -0.25) is 9.48 Å². The molecular formula is C21H18N4O3. The van der Waals surface area contributed by atoms with Gasteiger partial charge in [0.1, 0.15) is 6.07 Å². The summed E-state index contributed by atoms with van der Waals surface area (Å²) in [5.41, 5.74) is 2.01. The Kier molecular flexibility index (Phi) is 5.82. The summed E-state index contributed by atoms with van der Waals surface area (Å²) in [4.78, 5) is 24.6. The summed E-state index contributed by atoms with van der Waals surface area (Å²) in [6.07, 6.45) is 1.95. The first kappa shape index (κ1) is 18.9. The van der Waals surface area contributed by atoms with Crippen molar-refractivity contribution in [3.05, 3.63) is 83.7 Å². The normalized spacial score (nSPS) is 11.3. The van der Waals surface area contributed by atoms with Crippen LogP contribution in [0.1, 0.15) is 28.4 Å². The fraction of sp³-hybridized carbons (Fsp3) is 0.143. The van der Waals surface area contributed by atoms with Gasteiger partial charge in [0.15, 0.2) is 6.10 Å². The summed E-state index contributed by atoms with van der Waals surface area (Å²) in [7, 11) is 0. The maximum Gasteiger partial charge on any atom is 0.342 e. The Balaban J connectivity index is 1.59. The SMILES string of the molecule is CC(OC(=O)c1cnn(Cc2ccccc2)c1)C(=O)Nc1ccccc1C#N. The lowest BCUT2D eigenvalue weighted by molar-refractivity contribution is -0.123. The first-order chi connectivity index (χ1) is 13.6. The van der Waals surface area contributed by atoms with Crippen molar-refractivity contribution in [3.63, 3.8) is 0 Å². The van der Waals surface area contributed by atoms with Gasteiger partial charge < -0.3 is 10.1 Å². The van der Waals surface area contributed by atoms with Gasteiger partial charge in [-0.1, -0.05) is 42.5 Å². The number of hydrogen-bond donors (Lipinski definition) is 1. The van der Waals surface area contributed by atoms with E-state index in [0.29, 0.717) is 17.8 Å². The molecule has 0 saturated heterocycles. The van der Waals surface area contributed by atoms with E-state index in [-0.39, 0.29) is 5.56 Å². The Labute approximate surface area is 162 Å². The Bertz CT molecular complexity index is 1020. The van der Waals surface area contributed by atoms with Crippen LogP contribution >= 0.6 is 0 Å². The molecule has 0 fully saturated rings. The van der Waals surface area contributed by atoms with Crippen molar-refractivity contribution in [2.75, 3.05) is 5.32 Å². The van der Waals surface area contributed by atoms with Gasteiger partial charge in [0.2, 0.25) is 0 Å². The van der Waals surface area contributed by atoms with Crippen LogP contribution < -0.4 is 5.32 Å². The molecule has 1 N–H and O–H groups in total. The molecule has 1 atom stereocenters. The summed E-state index contributed by atoms with van der Waals surface area (Å²) in [5, 5.41) is 15.8. The number of benzene rings is 2. The second-order valence-corrected chi connectivity index (χ2v) is 6.11. The maximum atomic E-state index is 12.3. The zero-order valence-electron chi connectivity index (χ0n) is 15.2. The van der Waals surface area contributed by atoms with Gasteiger partial charge in [0, 0.05) is 6.20 Å². The number of hydrogen-bond acceptors (Lipinski definition) is 5. The number of aromatic nitrogens is 2. The van der Waals surface area contributed by atoms with E-state index in [9.17, 15) is 9.59 Å². The molecule has 3 aromatic rings. The van der Waals surface area contributed by atoms with Gasteiger partial charge in [0.05, 0.1) is 29.6 Å². The minimum atomic E-state index is -1.03. The molecule has 7 nitrogen and oxygen atoms in total. The van der Waals surface area contributed by atoms with Crippen molar-refractivity contribution in [2.45, 2.75) is 19.6 Å². The molecule has 0 aliphatic heterocycles. The van der Waals surface area contributed by atoms with Crippen molar-refractivity contribution in [1.82, 2.24) is 9.78 Å². The molecular weight excluding hydrogens is 356 g/mol. The molecule has 0 radical (unpaired) electrons. The fourth-order valence-corrected chi connectivity index (χ4v) is 2.53. The molecule has 1 amide bonds. The van der Waals surface area contributed by atoms with E-state index in [0.717, 1.165) is 5.56 Å². The third-order valence-electron chi connectivity index (χ3n) is 4.01. The summed E-state index contributed by atoms with van der Waals surface area (Å²) in [5.74, 6) is -1.16. The number of nitriles is 1. The van der Waals surface area contributed by atoms with Crippen molar-refractivity contribution in [3.8, 4) is 6.07 Å². The first-order valence-electron chi connectivity index (χ1n) is 8.64. The van der Waals surface area contributed by atoms with E-state index in [1.54, 1.807) is 35.1 Å². The number of para-hydroxylation sites is 1. The van der Waals surface area contributed by atoms with Gasteiger partial charge in [-0.15, -0.1) is 0 Å². The van der Waals surface area contributed by atoms with Gasteiger partial charge in [-0.25, -0.2) is 4.79 Å². The van der Waals surface area contributed by atoms with E-state index in [4.69, 9.17) is 10.00 Å². The summed E-state index contributed by atoms with van der Waals surface area (Å²) in [6.45, 7) is 1.99. The molecule has 1 aromatic heterocycles. The number of anilines is 1. The molecule has 7 heteroatoms. The van der Waals surface area contributed by atoms with Gasteiger partial charge in [-0.2, -0.15) is 10.4 Å². The number of rotatable bonds is 6. The molecule has 140 valence electrons. The van der Waals surface area contributed by atoms with Crippen LogP contribution in [0.3, 0.4) is 0 Å². The highest BCUT2D eigenvalue weighted by molar-refractivity contribution is 5.97. The first-order valence-corrected chi connectivity index (χ1v) is 8.64. The minimum absolute atomic E-state index is 0.257. The van der Waals surface area contributed by atoms with E-state index in [1.807, 2.05) is 36.4 Å². The second-order valence-electron chi connectivity index (χ2n) is 6.11. The quantitative estimate of drug-likeness (QED) is 0.669. The van der Waals surface area contributed by atoms with Crippen LogP contribution in [0.2, 0.25) is 0 Å². The lowest BCUT2D eigenvalue weighted by Crippen LogP contribution is -2.30. The maximum absolute atomic E-state index is 12.3. The van der Waals surface area contributed by atoms with E-state index in [1.165, 1.54) is 13.1 Å². The average molecular weight is 374 g/mol. The summed E-state index contributed by atoms with van der Waals surface area (Å²) in [6, 6.07) is 18.3. The molecule has 2 aromatic carbocycles. The van der Waals surface area contributed by atoms with Gasteiger partial charge >= 0.3 is 5.97 Å². The van der Waals surface area contributed by atoms with Crippen LogP contribution in [0.15, 0.2) is 67.0 Å². The van der Waals surface area contributed by atoms with Crippen LogP contribution in [0.5, 0.6) is 0 Å². The van der Waals surface area contributed by atoms with Crippen LogP contribution in [0, 0.1) is 11.3 Å². The molecule has 0 bridgehead atoms. The molecule has 1 unspecified atom stereocenters. The topological polar surface area (TPSA) is 97.0 Å². The number of carbonyl (C=O) groups is 2. The van der Waals surface area contributed by atoms with E-state index < -0.39 is 18.0 Å². The third kappa shape index (κ3) is 4.62. The highest BCUT2D eigenvalue weighted by Gasteiger charge is 2.21. The predicted molar refractivity (Wildman–Crippen MR) is 102 cm³/mol. The number of carbonyl (C=O) groups excluding carboxylic acids is 2. The minimum Gasteiger partial charge on any atom is -0.449 e. The Morgan fingerprint density at radius 3 is 2.64 bits per heavy atom. The molecule has 3 rings (SSSR count). The molecule has 1 heterocycles. The number of amides is 1. The molecule has 0 spiro atoms. The van der Waals surface area contributed by atoms with Crippen LogP contribution in [-0.4, -0.2) is 27.8 Å². The monoisotopic (exact) mass is 374 g/mol. The van der Waals surface area contributed by atoms with Crippen molar-refractivity contribution in [2.24, 2.45) is 0 Å². The predicted octanol–water partition coefficient (Wildman–Crippen LogP) is 2.99. The number of esters is 1. The Hall–Kier alpha value is -3.92. The molecule has 0 saturated carbocycles. The number of ether oxygens (including phenoxy) is 1. The highest BCUT2D eigenvalue weighted by Crippen LogP contribution is 2.14. The van der Waals surface area contributed by atoms with Crippen molar-refractivity contribution in [1.29, 1.82) is 5.26 Å². The smallest absolute Gasteiger partial charge is 0.342 e. The standard InChI is InChI=1S/C21H18N4O3/c1-15(20(26)24-19-10-6-5-9-17(19)11-22)28-21(27)18-12-23-25(14-18)13-16-7-3-2-4-8-16/h2-10,12,14-15H,13H2,1H3,(H,24,26). The highest BCUT2D eigenvalue weighted by atomic mass is 16.5. The lowest BCUT2D eigenvalue weighted by atomic mass is 10.2. The molecule has 28 heavy (non-hydrogen) atoms. The fourth-order valence-electron chi connectivity index (χ4n) is 2.53. The molecule has 0 aliphatic carbocycles. The summed E-state index contributed by atoms with van der Waals surface area (Å²) >= 11 is 0. The Morgan fingerprint density at radius 1 is 1.18 bits per heavy atom. The second kappa shape index (κ2) is 8.64. The lowest BCUT2D eigenvalue weighted by Gasteiger charge is -2.13. The van der Waals surface area contributed by atoms with Gasteiger partial charge in [-0.05, 0) is 24.6 Å². The zero-order valence-corrected chi connectivity index (χ0v) is 15.2. The van der Waals surface area contributed by atoms with Crippen LogP contribution in [0.25, 0.3) is 0 Å². The van der Waals surface area contributed by atoms with Crippen LogP contribution in [-0.2, 0) is 16.1 Å². The van der Waals surface area contributed by atoms with Crippen LogP contribution in [0.4, 0.5) is 5.69 Å². The van der Waals surface area contributed by atoms with E-state index >= 15 is 0 Å². The van der Waals surface area contributed by atoms with Gasteiger partial charge in [0.25, 0.3) is 5.91 Å². The third-order valence-corrected chi connectivity index (χ3v) is 4.01. The molecule has 0 aliphatic rings. The van der Waals surface area contributed by atoms with E-state index in [2.05, 4.69) is 10.4 Å². The largest absolute Gasteiger partial charge is 0.449 e. The average Bonchev–Trinajstić information content (AvgIpc) is 3.17. The van der Waals surface area contributed by atoms with Crippen molar-refractivity contribution >= 4 is 17.6 Å². The number of nitrogens with zero attached hydrogens (tertiary/aromatic N) is 3. The number of nitrogens with one attached hydrogen (secondary N) is 1. The summed E-state index contributed by atoms with van der Waals surface area (Å²) < 4.78 is 6.85. The Morgan fingerprint density at radius 2 is 1.89 bits per heavy atom.